The van der Waals surface area contributed by atoms with Crippen molar-refractivity contribution in [3.8, 4) is 0 Å². The SMILES string of the molecule is Cc1ncc(C(O)C(C)(C)N2CCOCC2)n1C. The highest BCUT2D eigenvalue weighted by Gasteiger charge is 2.37. The Morgan fingerprint density at radius 2 is 2.00 bits per heavy atom. The molecule has 1 unspecified atom stereocenters. The molecule has 1 fully saturated rings. The number of aliphatic hydroxyl groups is 1. The number of morpholine rings is 1. The van der Waals surface area contributed by atoms with E-state index in [0.717, 1.165) is 37.8 Å². The summed E-state index contributed by atoms with van der Waals surface area (Å²) in [6.45, 7) is 9.29. The van der Waals surface area contributed by atoms with E-state index in [2.05, 4.69) is 23.7 Å². The second-order valence-corrected chi connectivity index (χ2v) is 5.44. The lowest BCUT2D eigenvalue weighted by Crippen LogP contribution is -2.53. The van der Waals surface area contributed by atoms with E-state index in [1.165, 1.54) is 0 Å². The van der Waals surface area contributed by atoms with Crippen molar-refractivity contribution in [1.82, 2.24) is 14.5 Å². The first-order valence-electron chi connectivity index (χ1n) is 6.43. The summed E-state index contributed by atoms with van der Waals surface area (Å²) >= 11 is 0. The predicted molar refractivity (Wildman–Crippen MR) is 69.4 cm³/mol. The van der Waals surface area contributed by atoms with Gasteiger partial charge < -0.3 is 14.4 Å². The number of rotatable bonds is 3. The monoisotopic (exact) mass is 253 g/mol. The van der Waals surface area contributed by atoms with Crippen LogP contribution in [0.15, 0.2) is 6.20 Å². The van der Waals surface area contributed by atoms with Gasteiger partial charge in [0.05, 0.1) is 25.1 Å². The number of aryl methyl sites for hydroxylation is 1. The molecule has 5 heteroatoms. The van der Waals surface area contributed by atoms with Crippen molar-refractivity contribution in [3.05, 3.63) is 17.7 Å². The van der Waals surface area contributed by atoms with Crippen LogP contribution >= 0.6 is 0 Å². The van der Waals surface area contributed by atoms with Crippen LogP contribution in [-0.4, -0.2) is 51.4 Å². The van der Waals surface area contributed by atoms with Gasteiger partial charge >= 0.3 is 0 Å². The molecule has 1 atom stereocenters. The van der Waals surface area contributed by atoms with Gasteiger partial charge in [-0.3, -0.25) is 4.90 Å². The Balaban J connectivity index is 2.20. The van der Waals surface area contributed by atoms with Gasteiger partial charge in [0.25, 0.3) is 0 Å². The van der Waals surface area contributed by atoms with E-state index in [4.69, 9.17) is 4.74 Å². The maximum absolute atomic E-state index is 10.7. The van der Waals surface area contributed by atoms with Gasteiger partial charge in [-0.25, -0.2) is 4.98 Å². The lowest BCUT2D eigenvalue weighted by atomic mass is 9.92. The molecule has 102 valence electrons. The largest absolute Gasteiger partial charge is 0.385 e. The standard InChI is InChI=1S/C13H23N3O2/c1-10-14-9-11(15(10)4)12(17)13(2,3)16-5-7-18-8-6-16/h9,12,17H,5-8H2,1-4H3. The summed E-state index contributed by atoms with van der Waals surface area (Å²) in [5.41, 5.74) is 0.549. The zero-order chi connectivity index (χ0) is 13.3. The smallest absolute Gasteiger partial charge is 0.113 e. The maximum atomic E-state index is 10.7. The summed E-state index contributed by atoms with van der Waals surface area (Å²) < 4.78 is 7.32. The molecule has 2 rings (SSSR count). The van der Waals surface area contributed by atoms with E-state index >= 15 is 0 Å². The molecule has 0 aromatic carbocycles. The average Bonchev–Trinajstić information content (AvgIpc) is 2.70. The first-order chi connectivity index (χ1) is 8.44. The van der Waals surface area contributed by atoms with Gasteiger partial charge in [0.15, 0.2) is 0 Å². The van der Waals surface area contributed by atoms with Crippen molar-refractivity contribution >= 4 is 0 Å². The predicted octanol–water partition coefficient (Wildman–Crippen LogP) is 0.873. The van der Waals surface area contributed by atoms with E-state index in [1.807, 2.05) is 18.5 Å². The Labute approximate surface area is 108 Å². The molecule has 0 aliphatic carbocycles. The molecule has 0 amide bonds. The van der Waals surface area contributed by atoms with E-state index < -0.39 is 6.10 Å². The van der Waals surface area contributed by atoms with Crippen LogP contribution in [0.4, 0.5) is 0 Å². The van der Waals surface area contributed by atoms with E-state index in [9.17, 15) is 5.11 Å². The van der Waals surface area contributed by atoms with Gasteiger partial charge in [-0.15, -0.1) is 0 Å². The van der Waals surface area contributed by atoms with Crippen LogP contribution in [0, 0.1) is 6.92 Å². The molecule has 1 aromatic rings. The highest BCUT2D eigenvalue weighted by molar-refractivity contribution is 5.12. The summed E-state index contributed by atoms with van der Waals surface area (Å²) in [7, 11) is 1.94. The van der Waals surface area contributed by atoms with Crippen molar-refractivity contribution in [1.29, 1.82) is 0 Å². The van der Waals surface area contributed by atoms with Crippen molar-refractivity contribution in [3.63, 3.8) is 0 Å². The molecule has 0 bridgehead atoms. The number of nitrogens with zero attached hydrogens (tertiary/aromatic N) is 3. The second-order valence-electron chi connectivity index (χ2n) is 5.44. The number of hydrogen-bond donors (Lipinski definition) is 1. The van der Waals surface area contributed by atoms with Crippen LogP contribution in [0.1, 0.15) is 31.5 Å². The Kier molecular flexibility index (Phi) is 3.75. The quantitative estimate of drug-likeness (QED) is 0.868. The van der Waals surface area contributed by atoms with Gasteiger partial charge in [0, 0.05) is 25.7 Å². The highest BCUT2D eigenvalue weighted by Crippen LogP contribution is 2.31. The molecule has 5 nitrogen and oxygen atoms in total. The lowest BCUT2D eigenvalue weighted by molar-refractivity contribution is -0.0650. The van der Waals surface area contributed by atoms with Crippen LogP contribution in [0.2, 0.25) is 0 Å². The molecule has 1 aliphatic rings. The summed E-state index contributed by atoms with van der Waals surface area (Å²) in [6.07, 6.45) is 1.21. The molecular formula is C13H23N3O2. The third kappa shape index (κ3) is 2.30. The molecule has 0 radical (unpaired) electrons. The second kappa shape index (κ2) is 4.99. The fourth-order valence-electron chi connectivity index (χ4n) is 2.45. The average molecular weight is 253 g/mol. The van der Waals surface area contributed by atoms with Crippen molar-refractivity contribution < 1.29 is 9.84 Å². The minimum Gasteiger partial charge on any atom is -0.385 e. The van der Waals surface area contributed by atoms with Crippen LogP contribution in [0.25, 0.3) is 0 Å². The Morgan fingerprint density at radius 1 is 1.39 bits per heavy atom. The first kappa shape index (κ1) is 13.5. The normalized spacial score (nSPS) is 20.1. The molecule has 0 saturated carbocycles. The van der Waals surface area contributed by atoms with E-state index in [1.54, 1.807) is 6.20 Å². The molecule has 1 N–H and O–H groups in total. The third-order valence-corrected chi connectivity index (χ3v) is 4.03. The number of ether oxygens (including phenoxy) is 1. The van der Waals surface area contributed by atoms with Crippen molar-refractivity contribution in [2.45, 2.75) is 32.4 Å². The number of aliphatic hydroxyl groups excluding tert-OH is 1. The molecule has 18 heavy (non-hydrogen) atoms. The number of imidazole rings is 1. The van der Waals surface area contributed by atoms with Crippen molar-refractivity contribution in [2.24, 2.45) is 7.05 Å². The zero-order valence-corrected chi connectivity index (χ0v) is 11.7. The Hall–Kier alpha value is -0.910. The van der Waals surface area contributed by atoms with E-state index in [-0.39, 0.29) is 5.54 Å². The van der Waals surface area contributed by atoms with Crippen molar-refractivity contribution in [2.75, 3.05) is 26.3 Å². The van der Waals surface area contributed by atoms with Gasteiger partial charge in [-0.2, -0.15) is 0 Å². The Morgan fingerprint density at radius 3 is 2.50 bits per heavy atom. The molecule has 1 saturated heterocycles. The highest BCUT2D eigenvalue weighted by atomic mass is 16.5. The zero-order valence-electron chi connectivity index (χ0n) is 11.7. The fraction of sp³-hybridized carbons (Fsp3) is 0.769. The number of aromatic nitrogens is 2. The summed E-state index contributed by atoms with van der Waals surface area (Å²) in [5.74, 6) is 0.918. The lowest BCUT2D eigenvalue weighted by Gasteiger charge is -2.43. The van der Waals surface area contributed by atoms with Gasteiger partial charge in [0.2, 0.25) is 0 Å². The fourth-order valence-corrected chi connectivity index (χ4v) is 2.45. The Bertz CT molecular complexity index is 408. The minimum absolute atomic E-state index is 0.315. The van der Waals surface area contributed by atoms with E-state index in [0.29, 0.717) is 0 Å². The van der Waals surface area contributed by atoms with Crippen LogP contribution < -0.4 is 0 Å². The maximum Gasteiger partial charge on any atom is 0.113 e. The number of hydrogen-bond acceptors (Lipinski definition) is 4. The molecule has 2 heterocycles. The molecule has 1 aliphatic heterocycles. The first-order valence-corrected chi connectivity index (χ1v) is 6.43. The topological polar surface area (TPSA) is 50.5 Å². The summed E-state index contributed by atoms with van der Waals surface area (Å²) in [6, 6.07) is 0. The van der Waals surface area contributed by atoms with Crippen LogP contribution in [0.5, 0.6) is 0 Å². The van der Waals surface area contributed by atoms with Gasteiger partial charge in [0.1, 0.15) is 11.9 Å². The summed E-state index contributed by atoms with van der Waals surface area (Å²) in [5, 5.41) is 10.7. The van der Waals surface area contributed by atoms with Crippen LogP contribution in [0.3, 0.4) is 0 Å². The minimum atomic E-state index is -0.554. The molecule has 1 aromatic heterocycles. The molecule has 0 spiro atoms. The van der Waals surface area contributed by atoms with Gasteiger partial charge in [-0.05, 0) is 20.8 Å². The molecular weight excluding hydrogens is 230 g/mol. The third-order valence-electron chi connectivity index (χ3n) is 4.03. The summed E-state index contributed by atoms with van der Waals surface area (Å²) in [4.78, 5) is 6.54. The van der Waals surface area contributed by atoms with Gasteiger partial charge in [-0.1, -0.05) is 0 Å². The van der Waals surface area contributed by atoms with Crippen LogP contribution in [-0.2, 0) is 11.8 Å².